The standard InChI is InChI=1S/C18H23N3O/c1-3-4-12-19-18(22)16-10-11-17(20-13-16)21-14(2)15-8-6-5-7-9-15/h5-11,13-14H,3-4,12H2,1-2H3,(H,19,22)(H,20,21). The van der Waals surface area contributed by atoms with Gasteiger partial charge in [0, 0.05) is 18.8 Å². The summed E-state index contributed by atoms with van der Waals surface area (Å²) in [4.78, 5) is 16.2. The summed E-state index contributed by atoms with van der Waals surface area (Å²) in [5.74, 6) is 0.699. The van der Waals surface area contributed by atoms with Gasteiger partial charge in [-0.1, -0.05) is 43.7 Å². The second kappa shape index (κ2) is 8.17. The quantitative estimate of drug-likeness (QED) is 0.765. The summed E-state index contributed by atoms with van der Waals surface area (Å²) in [6, 6.07) is 14.0. The van der Waals surface area contributed by atoms with Crippen molar-refractivity contribution in [1.29, 1.82) is 0 Å². The third kappa shape index (κ3) is 4.58. The van der Waals surface area contributed by atoms with Gasteiger partial charge in [-0.05, 0) is 31.0 Å². The lowest BCUT2D eigenvalue weighted by atomic mass is 10.1. The zero-order valence-electron chi connectivity index (χ0n) is 13.2. The molecule has 0 aliphatic heterocycles. The van der Waals surface area contributed by atoms with Crippen LogP contribution in [0.25, 0.3) is 0 Å². The molecule has 0 saturated carbocycles. The van der Waals surface area contributed by atoms with E-state index in [0.717, 1.165) is 18.7 Å². The molecule has 2 rings (SSSR count). The van der Waals surface area contributed by atoms with Gasteiger partial charge in [0.2, 0.25) is 0 Å². The normalized spacial score (nSPS) is 11.7. The molecule has 2 N–H and O–H groups in total. The van der Waals surface area contributed by atoms with Gasteiger partial charge in [-0.15, -0.1) is 0 Å². The number of rotatable bonds is 7. The Labute approximate surface area is 132 Å². The van der Waals surface area contributed by atoms with Crippen LogP contribution in [0.1, 0.15) is 48.7 Å². The second-order valence-corrected chi connectivity index (χ2v) is 5.32. The number of aromatic nitrogens is 1. The molecule has 1 unspecified atom stereocenters. The number of amides is 1. The van der Waals surface area contributed by atoms with E-state index in [1.165, 1.54) is 5.56 Å². The maximum absolute atomic E-state index is 11.9. The van der Waals surface area contributed by atoms with Gasteiger partial charge in [0.25, 0.3) is 5.91 Å². The summed E-state index contributed by atoms with van der Waals surface area (Å²) < 4.78 is 0. The van der Waals surface area contributed by atoms with Crippen molar-refractivity contribution in [3.63, 3.8) is 0 Å². The van der Waals surface area contributed by atoms with Gasteiger partial charge in [-0.25, -0.2) is 4.98 Å². The third-order valence-electron chi connectivity index (χ3n) is 3.51. The molecule has 1 aromatic carbocycles. The number of nitrogens with zero attached hydrogens (tertiary/aromatic N) is 1. The van der Waals surface area contributed by atoms with Gasteiger partial charge in [0.15, 0.2) is 0 Å². The third-order valence-corrected chi connectivity index (χ3v) is 3.51. The number of hydrogen-bond donors (Lipinski definition) is 2. The number of carbonyl (C=O) groups excluding carboxylic acids is 1. The van der Waals surface area contributed by atoms with Crippen molar-refractivity contribution in [2.75, 3.05) is 11.9 Å². The fourth-order valence-electron chi connectivity index (χ4n) is 2.14. The van der Waals surface area contributed by atoms with Crippen LogP contribution in [-0.2, 0) is 0 Å². The summed E-state index contributed by atoms with van der Waals surface area (Å²) in [6.07, 6.45) is 3.67. The highest BCUT2D eigenvalue weighted by atomic mass is 16.1. The number of carbonyl (C=O) groups is 1. The van der Waals surface area contributed by atoms with Crippen molar-refractivity contribution < 1.29 is 4.79 Å². The molecular formula is C18H23N3O. The van der Waals surface area contributed by atoms with E-state index in [4.69, 9.17) is 0 Å². The molecule has 0 spiro atoms. The molecule has 1 amide bonds. The molecule has 4 heteroatoms. The monoisotopic (exact) mass is 297 g/mol. The maximum Gasteiger partial charge on any atom is 0.252 e. The van der Waals surface area contributed by atoms with Crippen molar-refractivity contribution >= 4 is 11.7 Å². The highest BCUT2D eigenvalue weighted by Crippen LogP contribution is 2.17. The zero-order valence-corrected chi connectivity index (χ0v) is 13.2. The minimum absolute atomic E-state index is 0.0661. The second-order valence-electron chi connectivity index (χ2n) is 5.32. The van der Waals surface area contributed by atoms with Crippen molar-refractivity contribution in [3.05, 3.63) is 59.8 Å². The average Bonchev–Trinajstić information content (AvgIpc) is 2.56. The first kappa shape index (κ1) is 16.0. The predicted octanol–water partition coefficient (Wildman–Crippen LogP) is 3.78. The lowest BCUT2D eigenvalue weighted by Crippen LogP contribution is -2.24. The highest BCUT2D eigenvalue weighted by molar-refractivity contribution is 5.94. The number of anilines is 1. The van der Waals surface area contributed by atoms with Crippen LogP contribution in [0.5, 0.6) is 0 Å². The van der Waals surface area contributed by atoms with E-state index in [1.54, 1.807) is 12.3 Å². The van der Waals surface area contributed by atoms with Crippen molar-refractivity contribution in [1.82, 2.24) is 10.3 Å². The molecular weight excluding hydrogens is 274 g/mol. The Hall–Kier alpha value is -2.36. The Bertz CT molecular complexity index is 581. The van der Waals surface area contributed by atoms with E-state index in [0.29, 0.717) is 12.1 Å². The van der Waals surface area contributed by atoms with E-state index in [2.05, 4.69) is 41.6 Å². The van der Waals surface area contributed by atoms with Crippen LogP contribution in [0.4, 0.5) is 5.82 Å². The van der Waals surface area contributed by atoms with Gasteiger partial charge < -0.3 is 10.6 Å². The van der Waals surface area contributed by atoms with Crippen LogP contribution in [0.2, 0.25) is 0 Å². The summed E-state index contributed by atoms with van der Waals surface area (Å²) in [6.45, 7) is 4.89. The number of hydrogen-bond acceptors (Lipinski definition) is 3. The molecule has 1 atom stereocenters. The number of pyridine rings is 1. The largest absolute Gasteiger partial charge is 0.364 e. The SMILES string of the molecule is CCCCNC(=O)c1ccc(NC(C)c2ccccc2)nc1. The van der Waals surface area contributed by atoms with Crippen LogP contribution in [0.3, 0.4) is 0 Å². The Morgan fingerprint density at radius 3 is 2.59 bits per heavy atom. The summed E-state index contributed by atoms with van der Waals surface area (Å²) in [5.41, 5.74) is 1.79. The van der Waals surface area contributed by atoms with Gasteiger partial charge in [-0.2, -0.15) is 0 Å². The minimum Gasteiger partial charge on any atom is -0.364 e. The molecule has 0 saturated heterocycles. The van der Waals surface area contributed by atoms with Crippen molar-refractivity contribution in [2.45, 2.75) is 32.7 Å². The Morgan fingerprint density at radius 2 is 1.95 bits per heavy atom. The fourth-order valence-corrected chi connectivity index (χ4v) is 2.14. The first-order valence-electron chi connectivity index (χ1n) is 7.76. The van der Waals surface area contributed by atoms with Crippen LogP contribution in [0, 0.1) is 0 Å². The average molecular weight is 297 g/mol. The lowest BCUT2D eigenvalue weighted by Gasteiger charge is -2.15. The molecule has 22 heavy (non-hydrogen) atoms. The molecule has 0 bridgehead atoms. The number of unbranched alkanes of at least 4 members (excludes halogenated alkanes) is 1. The molecule has 2 aromatic rings. The highest BCUT2D eigenvalue weighted by Gasteiger charge is 2.08. The van der Waals surface area contributed by atoms with E-state index < -0.39 is 0 Å². The van der Waals surface area contributed by atoms with Crippen molar-refractivity contribution in [2.24, 2.45) is 0 Å². The Kier molecular flexibility index (Phi) is 5.95. The summed E-state index contributed by atoms with van der Waals surface area (Å²) in [7, 11) is 0. The van der Waals surface area contributed by atoms with Crippen molar-refractivity contribution in [3.8, 4) is 0 Å². The molecule has 0 aliphatic carbocycles. The minimum atomic E-state index is -0.0661. The molecule has 0 fully saturated rings. The van der Waals surface area contributed by atoms with Crippen LogP contribution in [0.15, 0.2) is 48.7 Å². The zero-order chi connectivity index (χ0) is 15.8. The first-order chi connectivity index (χ1) is 10.7. The topological polar surface area (TPSA) is 54.0 Å². The molecule has 1 heterocycles. The Morgan fingerprint density at radius 1 is 1.18 bits per heavy atom. The molecule has 0 aliphatic rings. The summed E-state index contributed by atoms with van der Waals surface area (Å²) >= 11 is 0. The number of nitrogens with one attached hydrogen (secondary N) is 2. The van der Waals surface area contributed by atoms with E-state index in [9.17, 15) is 4.79 Å². The van der Waals surface area contributed by atoms with E-state index >= 15 is 0 Å². The maximum atomic E-state index is 11.9. The fraction of sp³-hybridized carbons (Fsp3) is 0.333. The van der Waals surface area contributed by atoms with Crippen LogP contribution < -0.4 is 10.6 Å². The molecule has 0 radical (unpaired) electrons. The van der Waals surface area contributed by atoms with Gasteiger partial charge >= 0.3 is 0 Å². The summed E-state index contributed by atoms with van der Waals surface area (Å²) in [5, 5.41) is 6.22. The van der Waals surface area contributed by atoms with Crippen LogP contribution >= 0.6 is 0 Å². The smallest absolute Gasteiger partial charge is 0.252 e. The molecule has 4 nitrogen and oxygen atoms in total. The van der Waals surface area contributed by atoms with Gasteiger partial charge in [0.05, 0.1) is 5.56 Å². The number of benzene rings is 1. The van der Waals surface area contributed by atoms with E-state index in [1.807, 2.05) is 24.3 Å². The predicted molar refractivity (Wildman–Crippen MR) is 90.0 cm³/mol. The Balaban J connectivity index is 1.93. The van der Waals surface area contributed by atoms with Crippen LogP contribution in [-0.4, -0.2) is 17.4 Å². The lowest BCUT2D eigenvalue weighted by molar-refractivity contribution is 0.0953. The van der Waals surface area contributed by atoms with E-state index in [-0.39, 0.29) is 11.9 Å². The first-order valence-corrected chi connectivity index (χ1v) is 7.76. The molecule has 1 aromatic heterocycles. The molecule has 116 valence electrons. The van der Waals surface area contributed by atoms with Gasteiger partial charge in [-0.3, -0.25) is 4.79 Å². The van der Waals surface area contributed by atoms with Gasteiger partial charge in [0.1, 0.15) is 5.82 Å².